The summed E-state index contributed by atoms with van der Waals surface area (Å²) in [6, 6.07) is 14.2. The summed E-state index contributed by atoms with van der Waals surface area (Å²) in [5, 5.41) is 3.86. The third-order valence-electron chi connectivity index (χ3n) is 3.61. The second-order valence-electron chi connectivity index (χ2n) is 5.64. The number of aryl methyl sites for hydroxylation is 1. The standard InChI is InChI=1S/C18H21N3O3S2/c1-14-4-10-17(11-5-14)26(23,24)21(2)13-18(22)20-19-12-15-6-8-16(25-3)9-7-15/h4-12H,13H2,1-3H3,(H,20,22)/b19-12-. The lowest BCUT2D eigenvalue weighted by Crippen LogP contribution is -2.36. The van der Waals surface area contributed by atoms with E-state index < -0.39 is 15.9 Å². The first-order chi connectivity index (χ1) is 12.3. The van der Waals surface area contributed by atoms with E-state index in [-0.39, 0.29) is 11.4 Å². The van der Waals surface area contributed by atoms with E-state index in [1.165, 1.54) is 25.4 Å². The summed E-state index contributed by atoms with van der Waals surface area (Å²) in [4.78, 5) is 13.2. The summed E-state index contributed by atoms with van der Waals surface area (Å²) in [7, 11) is -2.36. The van der Waals surface area contributed by atoms with Crippen molar-refractivity contribution >= 4 is 33.9 Å². The van der Waals surface area contributed by atoms with E-state index >= 15 is 0 Å². The predicted octanol–water partition coefficient (Wildman–Crippen LogP) is 2.49. The van der Waals surface area contributed by atoms with Crippen LogP contribution in [0.2, 0.25) is 0 Å². The van der Waals surface area contributed by atoms with E-state index in [2.05, 4.69) is 10.5 Å². The molecule has 0 aliphatic rings. The fourth-order valence-electron chi connectivity index (χ4n) is 2.08. The number of thioether (sulfide) groups is 1. The Balaban J connectivity index is 1.93. The molecule has 0 aliphatic carbocycles. The Labute approximate surface area is 158 Å². The molecule has 0 atom stereocenters. The summed E-state index contributed by atoms with van der Waals surface area (Å²) in [5.41, 5.74) is 4.14. The lowest BCUT2D eigenvalue weighted by atomic mass is 10.2. The molecule has 1 amide bonds. The number of hydrazone groups is 1. The Morgan fingerprint density at radius 3 is 2.35 bits per heavy atom. The van der Waals surface area contributed by atoms with Crippen molar-refractivity contribution in [2.24, 2.45) is 5.10 Å². The molecule has 0 aliphatic heterocycles. The number of nitrogens with one attached hydrogen (secondary N) is 1. The van der Waals surface area contributed by atoms with Crippen molar-refractivity contribution in [2.75, 3.05) is 19.8 Å². The fraction of sp³-hybridized carbons (Fsp3) is 0.222. The quantitative estimate of drug-likeness (QED) is 0.447. The van der Waals surface area contributed by atoms with Crippen LogP contribution in [0.5, 0.6) is 0 Å². The van der Waals surface area contributed by atoms with Gasteiger partial charge in [-0.1, -0.05) is 29.8 Å². The first-order valence-electron chi connectivity index (χ1n) is 7.82. The lowest BCUT2D eigenvalue weighted by Gasteiger charge is -2.16. The van der Waals surface area contributed by atoms with E-state index in [0.717, 1.165) is 20.3 Å². The average Bonchev–Trinajstić information content (AvgIpc) is 2.62. The number of sulfonamides is 1. The molecule has 8 heteroatoms. The van der Waals surface area contributed by atoms with Gasteiger partial charge in [-0.2, -0.15) is 9.41 Å². The summed E-state index contributed by atoms with van der Waals surface area (Å²) < 4.78 is 25.9. The van der Waals surface area contributed by atoms with E-state index in [1.807, 2.05) is 37.4 Å². The van der Waals surface area contributed by atoms with Crippen molar-refractivity contribution in [2.45, 2.75) is 16.7 Å². The van der Waals surface area contributed by atoms with Crippen LogP contribution in [0.15, 0.2) is 63.4 Å². The molecule has 0 aromatic heterocycles. The van der Waals surface area contributed by atoms with Crippen molar-refractivity contribution < 1.29 is 13.2 Å². The normalized spacial score (nSPS) is 11.8. The number of hydrogen-bond donors (Lipinski definition) is 1. The number of benzene rings is 2. The highest BCUT2D eigenvalue weighted by atomic mass is 32.2. The van der Waals surface area contributed by atoms with E-state index in [0.29, 0.717) is 0 Å². The number of likely N-dealkylation sites (N-methyl/N-ethyl adjacent to an activating group) is 1. The third-order valence-corrected chi connectivity index (χ3v) is 6.18. The number of nitrogens with zero attached hydrogens (tertiary/aromatic N) is 2. The zero-order valence-electron chi connectivity index (χ0n) is 14.8. The van der Waals surface area contributed by atoms with Gasteiger partial charge in [0.25, 0.3) is 5.91 Å². The summed E-state index contributed by atoms with van der Waals surface area (Å²) >= 11 is 1.64. The Bertz CT molecular complexity index is 877. The first kappa shape index (κ1) is 20.2. The van der Waals surface area contributed by atoms with Gasteiger partial charge in [0.05, 0.1) is 17.7 Å². The number of carbonyl (C=O) groups excluding carboxylic acids is 1. The van der Waals surface area contributed by atoms with Crippen molar-refractivity contribution in [3.05, 3.63) is 59.7 Å². The van der Waals surface area contributed by atoms with Gasteiger partial charge in [-0.25, -0.2) is 13.8 Å². The Morgan fingerprint density at radius 1 is 1.15 bits per heavy atom. The van der Waals surface area contributed by atoms with Gasteiger partial charge < -0.3 is 0 Å². The number of carbonyl (C=O) groups is 1. The van der Waals surface area contributed by atoms with Gasteiger partial charge in [-0.3, -0.25) is 4.79 Å². The summed E-state index contributed by atoms with van der Waals surface area (Å²) in [6.45, 7) is 1.55. The Morgan fingerprint density at radius 2 is 1.77 bits per heavy atom. The van der Waals surface area contributed by atoms with Crippen LogP contribution in [0, 0.1) is 6.92 Å². The SMILES string of the molecule is CSc1ccc(/C=N\NC(=O)CN(C)S(=O)(=O)c2ccc(C)cc2)cc1. The molecule has 138 valence electrons. The van der Waals surface area contributed by atoms with Crippen LogP contribution in [0.1, 0.15) is 11.1 Å². The molecule has 0 bridgehead atoms. The van der Waals surface area contributed by atoms with Gasteiger partial charge in [0.2, 0.25) is 10.0 Å². The van der Waals surface area contributed by atoms with Gasteiger partial charge in [0.15, 0.2) is 0 Å². The van der Waals surface area contributed by atoms with Gasteiger partial charge in [0.1, 0.15) is 0 Å². The molecule has 0 unspecified atom stereocenters. The highest BCUT2D eigenvalue weighted by Gasteiger charge is 2.22. The highest BCUT2D eigenvalue weighted by molar-refractivity contribution is 7.98. The smallest absolute Gasteiger partial charge is 0.255 e. The fourth-order valence-corrected chi connectivity index (χ4v) is 3.62. The minimum absolute atomic E-state index is 0.149. The maximum atomic E-state index is 12.4. The third kappa shape index (κ3) is 5.42. The minimum atomic E-state index is -3.72. The Kier molecular flexibility index (Phi) is 6.96. The molecule has 2 aromatic rings. The van der Waals surface area contributed by atoms with Crippen molar-refractivity contribution in [3.8, 4) is 0 Å². The molecular formula is C18H21N3O3S2. The van der Waals surface area contributed by atoms with Crippen LogP contribution in [0.25, 0.3) is 0 Å². The van der Waals surface area contributed by atoms with E-state index in [1.54, 1.807) is 23.9 Å². The van der Waals surface area contributed by atoms with Gasteiger partial charge in [0, 0.05) is 11.9 Å². The topological polar surface area (TPSA) is 78.8 Å². The van der Waals surface area contributed by atoms with Gasteiger partial charge >= 0.3 is 0 Å². The minimum Gasteiger partial charge on any atom is -0.272 e. The molecule has 0 heterocycles. The maximum absolute atomic E-state index is 12.4. The second-order valence-corrected chi connectivity index (χ2v) is 8.57. The molecular weight excluding hydrogens is 370 g/mol. The van der Waals surface area contributed by atoms with E-state index in [4.69, 9.17) is 0 Å². The molecule has 2 aromatic carbocycles. The number of hydrogen-bond acceptors (Lipinski definition) is 5. The monoisotopic (exact) mass is 391 g/mol. The van der Waals surface area contributed by atoms with Gasteiger partial charge in [-0.05, 0) is 43.0 Å². The molecule has 0 spiro atoms. The van der Waals surface area contributed by atoms with Crippen molar-refractivity contribution in [1.82, 2.24) is 9.73 Å². The van der Waals surface area contributed by atoms with Crippen LogP contribution in [-0.4, -0.2) is 44.7 Å². The molecule has 1 N–H and O–H groups in total. The van der Waals surface area contributed by atoms with Crippen LogP contribution in [-0.2, 0) is 14.8 Å². The van der Waals surface area contributed by atoms with Gasteiger partial charge in [-0.15, -0.1) is 11.8 Å². The summed E-state index contributed by atoms with van der Waals surface area (Å²) in [6.07, 6.45) is 3.50. The zero-order chi connectivity index (χ0) is 19.2. The van der Waals surface area contributed by atoms with Crippen molar-refractivity contribution in [1.29, 1.82) is 0 Å². The highest BCUT2D eigenvalue weighted by Crippen LogP contribution is 2.15. The van der Waals surface area contributed by atoms with Crippen molar-refractivity contribution in [3.63, 3.8) is 0 Å². The average molecular weight is 392 g/mol. The lowest BCUT2D eigenvalue weighted by molar-refractivity contribution is -0.121. The largest absolute Gasteiger partial charge is 0.272 e. The number of amides is 1. The van der Waals surface area contributed by atoms with Crippen LogP contribution in [0.4, 0.5) is 0 Å². The molecule has 26 heavy (non-hydrogen) atoms. The predicted molar refractivity (Wildman–Crippen MR) is 105 cm³/mol. The summed E-state index contributed by atoms with van der Waals surface area (Å²) in [5.74, 6) is -0.514. The molecule has 0 saturated carbocycles. The molecule has 0 saturated heterocycles. The van der Waals surface area contributed by atoms with E-state index in [9.17, 15) is 13.2 Å². The van der Waals surface area contributed by atoms with Crippen LogP contribution in [0.3, 0.4) is 0 Å². The maximum Gasteiger partial charge on any atom is 0.255 e. The van der Waals surface area contributed by atoms with Crippen LogP contribution >= 0.6 is 11.8 Å². The first-order valence-corrected chi connectivity index (χ1v) is 10.5. The second kappa shape index (κ2) is 8.98. The molecule has 6 nitrogen and oxygen atoms in total. The zero-order valence-corrected chi connectivity index (χ0v) is 16.5. The molecule has 0 fully saturated rings. The molecule has 0 radical (unpaired) electrons. The molecule has 2 rings (SSSR count). The van der Waals surface area contributed by atoms with Crippen LogP contribution < -0.4 is 5.43 Å². The number of rotatable bonds is 7. The Hall–Kier alpha value is -2.16.